The van der Waals surface area contributed by atoms with Gasteiger partial charge in [0.2, 0.25) is 0 Å². The molecule has 1 aromatic carbocycles. The van der Waals surface area contributed by atoms with Crippen LogP contribution >= 0.6 is 0 Å². The molecule has 0 unspecified atom stereocenters. The van der Waals surface area contributed by atoms with Gasteiger partial charge in [-0.2, -0.15) is 0 Å². The Morgan fingerprint density at radius 3 is 2.39 bits per heavy atom. The number of nitrogens with two attached hydrogens (primary N) is 1. The van der Waals surface area contributed by atoms with Crippen molar-refractivity contribution in [2.75, 3.05) is 19.6 Å². The third kappa shape index (κ3) is 2.76. The van der Waals surface area contributed by atoms with Crippen molar-refractivity contribution in [3.8, 4) is 0 Å². The van der Waals surface area contributed by atoms with E-state index in [9.17, 15) is 0 Å². The van der Waals surface area contributed by atoms with E-state index in [-0.39, 0.29) is 0 Å². The molecule has 1 fully saturated rings. The molecule has 1 heterocycles. The number of nitrogens with zero attached hydrogens (tertiary/aromatic N) is 1. The molecule has 1 saturated heterocycles. The lowest BCUT2D eigenvalue weighted by Crippen LogP contribution is -2.33. The van der Waals surface area contributed by atoms with Gasteiger partial charge in [-0.1, -0.05) is 44.2 Å². The van der Waals surface area contributed by atoms with Crippen LogP contribution in [0.4, 0.5) is 0 Å². The lowest BCUT2D eigenvalue weighted by atomic mass is 9.89. The van der Waals surface area contributed by atoms with Crippen LogP contribution in [0.3, 0.4) is 0 Å². The Morgan fingerprint density at radius 1 is 1.17 bits per heavy atom. The molecule has 2 heteroatoms. The van der Waals surface area contributed by atoms with Crippen molar-refractivity contribution in [2.24, 2.45) is 11.7 Å². The van der Waals surface area contributed by atoms with Gasteiger partial charge in [0.05, 0.1) is 0 Å². The molecule has 2 rings (SSSR count). The zero-order valence-corrected chi connectivity index (χ0v) is 11.7. The Labute approximate surface area is 111 Å². The molecule has 0 bridgehead atoms. The maximum atomic E-state index is 5.98. The van der Waals surface area contributed by atoms with Crippen LogP contribution in [0, 0.1) is 5.92 Å². The molecule has 0 radical (unpaired) electrons. The predicted molar refractivity (Wildman–Crippen MR) is 77.7 cm³/mol. The zero-order chi connectivity index (χ0) is 13.0. The molecule has 0 spiro atoms. The summed E-state index contributed by atoms with van der Waals surface area (Å²) in [6, 6.07) is 11.6. The minimum absolute atomic E-state index is 0.619. The van der Waals surface area contributed by atoms with E-state index in [2.05, 4.69) is 49.1 Å². The van der Waals surface area contributed by atoms with E-state index < -0.39 is 0 Å². The number of rotatable bonds is 5. The third-order valence-corrected chi connectivity index (χ3v) is 4.46. The minimum Gasteiger partial charge on any atom is -0.330 e. The van der Waals surface area contributed by atoms with Gasteiger partial charge in [0, 0.05) is 25.0 Å². The summed E-state index contributed by atoms with van der Waals surface area (Å²) in [4.78, 5) is 2.65. The van der Waals surface area contributed by atoms with Crippen molar-refractivity contribution in [2.45, 2.75) is 38.6 Å². The van der Waals surface area contributed by atoms with Gasteiger partial charge < -0.3 is 5.73 Å². The van der Waals surface area contributed by atoms with Crippen LogP contribution in [-0.2, 0) is 0 Å². The summed E-state index contributed by atoms with van der Waals surface area (Å²) in [7, 11) is 0. The van der Waals surface area contributed by atoms with Crippen molar-refractivity contribution < 1.29 is 0 Å². The van der Waals surface area contributed by atoms with Gasteiger partial charge in [-0.25, -0.2) is 0 Å². The van der Waals surface area contributed by atoms with Crippen LogP contribution in [0.15, 0.2) is 30.3 Å². The summed E-state index contributed by atoms with van der Waals surface area (Å²) in [5, 5.41) is 0. The number of hydrogen-bond acceptors (Lipinski definition) is 2. The van der Waals surface area contributed by atoms with Crippen LogP contribution in [0.2, 0.25) is 0 Å². The molecule has 0 aliphatic carbocycles. The normalized spacial score (nSPS) is 24.9. The maximum absolute atomic E-state index is 5.98. The Balaban J connectivity index is 2.12. The van der Waals surface area contributed by atoms with Gasteiger partial charge in [-0.05, 0) is 30.9 Å². The third-order valence-electron chi connectivity index (χ3n) is 4.46. The molecule has 0 amide bonds. The van der Waals surface area contributed by atoms with E-state index in [1.54, 1.807) is 0 Å². The first-order valence-corrected chi connectivity index (χ1v) is 7.29. The first-order valence-electron chi connectivity index (χ1n) is 7.29. The molecule has 0 aromatic heterocycles. The summed E-state index contributed by atoms with van der Waals surface area (Å²) < 4.78 is 0. The molecule has 2 nitrogen and oxygen atoms in total. The van der Waals surface area contributed by atoms with E-state index in [1.165, 1.54) is 31.5 Å². The smallest absolute Gasteiger partial charge is 0.00903 e. The fraction of sp³-hybridized carbons (Fsp3) is 0.625. The van der Waals surface area contributed by atoms with E-state index >= 15 is 0 Å². The van der Waals surface area contributed by atoms with Crippen LogP contribution in [0.25, 0.3) is 0 Å². The van der Waals surface area contributed by atoms with Gasteiger partial charge in [0.15, 0.2) is 0 Å². The predicted octanol–water partition coefficient (Wildman–Crippen LogP) is 2.85. The van der Waals surface area contributed by atoms with E-state index in [0.717, 1.165) is 12.6 Å². The van der Waals surface area contributed by atoms with Gasteiger partial charge in [-0.15, -0.1) is 0 Å². The Morgan fingerprint density at radius 2 is 1.83 bits per heavy atom. The Kier molecular flexibility index (Phi) is 4.79. The van der Waals surface area contributed by atoms with Crippen molar-refractivity contribution in [1.82, 2.24) is 4.90 Å². The van der Waals surface area contributed by atoms with Gasteiger partial charge in [0.25, 0.3) is 0 Å². The molecule has 2 atom stereocenters. The largest absolute Gasteiger partial charge is 0.330 e. The fourth-order valence-electron chi connectivity index (χ4n) is 3.32. The topological polar surface area (TPSA) is 29.3 Å². The number of benzene rings is 1. The molecule has 100 valence electrons. The summed E-state index contributed by atoms with van der Waals surface area (Å²) in [6.45, 7) is 7.74. The summed E-state index contributed by atoms with van der Waals surface area (Å²) in [5.74, 6) is 1.24. The minimum atomic E-state index is 0.619. The lowest BCUT2D eigenvalue weighted by molar-refractivity contribution is 0.221. The highest BCUT2D eigenvalue weighted by Gasteiger charge is 2.34. The first-order chi connectivity index (χ1) is 8.80. The summed E-state index contributed by atoms with van der Waals surface area (Å²) in [6.07, 6.45) is 2.49. The molecular formula is C16H26N2. The van der Waals surface area contributed by atoms with Crippen molar-refractivity contribution in [3.63, 3.8) is 0 Å². The van der Waals surface area contributed by atoms with Crippen LogP contribution in [-0.4, -0.2) is 30.6 Å². The number of hydrogen-bond donors (Lipinski definition) is 1. The fourth-order valence-corrected chi connectivity index (χ4v) is 3.32. The monoisotopic (exact) mass is 246 g/mol. The van der Waals surface area contributed by atoms with Crippen molar-refractivity contribution in [1.29, 1.82) is 0 Å². The first kappa shape index (κ1) is 13.6. The molecule has 18 heavy (non-hydrogen) atoms. The molecular weight excluding hydrogens is 220 g/mol. The molecule has 2 N–H and O–H groups in total. The summed E-state index contributed by atoms with van der Waals surface area (Å²) >= 11 is 0. The van der Waals surface area contributed by atoms with E-state index in [1.807, 2.05) is 0 Å². The SMILES string of the molecule is CCC(CC)N1C[C@@H](CN)[C@H](c2ccccc2)C1. The Hall–Kier alpha value is -0.860. The maximum Gasteiger partial charge on any atom is 0.00903 e. The highest BCUT2D eigenvalue weighted by atomic mass is 15.2. The lowest BCUT2D eigenvalue weighted by Gasteiger charge is -2.25. The average molecular weight is 246 g/mol. The van der Waals surface area contributed by atoms with Crippen LogP contribution in [0.5, 0.6) is 0 Å². The Bertz CT molecular complexity index is 345. The molecule has 0 saturated carbocycles. The van der Waals surface area contributed by atoms with Crippen molar-refractivity contribution in [3.05, 3.63) is 35.9 Å². The van der Waals surface area contributed by atoms with E-state index in [4.69, 9.17) is 5.73 Å². The zero-order valence-electron chi connectivity index (χ0n) is 11.7. The second-order valence-electron chi connectivity index (χ2n) is 5.44. The highest BCUT2D eigenvalue weighted by molar-refractivity contribution is 5.22. The van der Waals surface area contributed by atoms with Crippen LogP contribution in [0.1, 0.15) is 38.2 Å². The standard InChI is InChI=1S/C16H26N2/c1-3-15(4-2)18-11-14(10-17)16(12-18)13-8-6-5-7-9-13/h5-9,14-16H,3-4,10-12,17H2,1-2H3/t14-,16+/m1/s1. The van der Waals surface area contributed by atoms with Gasteiger partial charge in [-0.3, -0.25) is 4.90 Å². The van der Waals surface area contributed by atoms with E-state index in [0.29, 0.717) is 11.8 Å². The quantitative estimate of drug-likeness (QED) is 0.865. The molecule has 1 aliphatic rings. The molecule has 1 aliphatic heterocycles. The second kappa shape index (κ2) is 6.35. The van der Waals surface area contributed by atoms with Crippen molar-refractivity contribution >= 4 is 0 Å². The summed E-state index contributed by atoms with van der Waals surface area (Å²) in [5.41, 5.74) is 7.44. The van der Waals surface area contributed by atoms with Crippen LogP contribution < -0.4 is 5.73 Å². The number of likely N-dealkylation sites (tertiary alicyclic amines) is 1. The highest BCUT2D eigenvalue weighted by Crippen LogP contribution is 2.33. The van der Waals surface area contributed by atoms with Gasteiger partial charge in [0.1, 0.15) is 0 Å². The van der Waals surface area contributed by atoms with Gasteiger partial charge >= 0.3 is 0 Å². The molecule has 1 aromatic rings. The second-order valence-corrected chi connectivity index (χ2v) is 5.44. The average Bonchev–Trinajstić information content (AvgIpc) is 2.85.